The number of hydrogen-bond donors (Lipinski definition) is 3. The van der Waals surface area contributed by atoms with Crippen LogP contribution in [0.25, 0.3) is 0 Å². The third-order valence-electron chi connectivity index (χ3n) is 2.35. The highest BCUT2D eigenvalue weighted by Gasteiger charge is 2.24. The molecule has 0 bridgehead atoms. The van der Waals surface area contributed by atoms with Gasteiger partial charge in [-0.05, 0) is 26.8 Å². The van der Waals surface area contributed by atoms with Crippen LogP contribution in [0, 0.1) is 0 Å². The summed E-state index contributed by atoms with van der Waals surface area (Å²) in [6, 6.07) is 0.464. The Morgan fingerprint density at radius 3 is 2.60 bits per heavy atom. The smallest absolute Gasteiger partial charge is 0.209 e. The van der Waals surface area contributed by atoms with Gasteiger partial charge in [0.05, 0.1) is 6.26 Å². The number of hydrogen-bond acceptors (Lipinski definition) is 4. The SMILES string of the molecule is CC(C)(CNC1CCNC1)NS(C)(=O)=O. The summed E-state index contributed by atoms with van der Waals surface area (Å²) in [5.74, 6) is 0. The molecule has 1 aliphatic heterocycles. The van der Waals surface area contributed by atoms with E-state index in [2.05, 4.69) is 15.4 Å². The number of sulfonamides is 1. The summed E-state index contributed by atoms with van der Waals surface area (Å²) in [4.78, 5) is 0. The van der Waals surface area contributed by atoms with Crippen LogP contribution in [0.15, 0.2) is 0 Å². The monoisotopic (exact) mass is 235 g/mol. The molecule has 1 aliphatic rings. The summed E-state index contributed by atoms with van der Waals surface area (Å²) in [6.45, 7) is 6.41. The van der Waals surface area contributed by atoms with Gasteiger partial charge in [0.25, 0.3) is 0 Å². The normalized spacial score (nSPS) is 23.3. The summed E-state index contributed by atoms with van der Waals surface area (Å²) >= 11 is 0. The number of rotatable bonds is 5. The molecule has 0 aromatic carbocycles. The van der Waals surface area contributed by atoms with E-state index in [0.717, 1.165) is 19.5 Å². The standard InChI is InChI=1S/C9H21N3O2S/c1-9(2,12-15(3,13)14)7-11-8-4-5-10-6-8/h8,10-12H,4-7H2,1-3H3. The van der Waals surface area contributed by atoms with Gasteiger partial charge < -0.3 is 10.6 Å². The molecule has 0 radical (unpaired) electrons. The molecular formula is C9H21N3O2S. The molecule has 15 heavy (non-hydrogen) atoms. The van der Waals surface area contributed by atoms with E-state index >= 15 is 0 Å². The van der Waals surface area contributed by atoms with E-state index in [1.54, 1.807) is 0 Å². The van der Waals surface area contributed by atoms with Gasteiger partial charge in [-0.3, -0.25) is 0 Å². The van der Waals surface area contributed by atoms with E-state index in [1.165, 1.54) is 6.26 Å². The topological polar surface area (TPSA) is 70.2 Å². The molecule has 1 unspecified atom stereocenters. The van der Waals surface area contributed by atoms with E-state index in [0.29, 0.717) is 12.6 Å². The van der Waals surface area contributed by atoms with Gasteiger partial charge in [0.15, 0.2) is 0 Å². The van der Waals surface area contributed by atoms with E-state index in [4.69, 9.17) is 0 Å². The fourth-order valence-electron chi connectivity index (χ4n) is 1.77. The molecule has 3 N–H and O–H groups in total. The van der Waals surface area contributed by atoms with Crippen molar-refractivity contribution in [3.05, 3.63) is 0 Å². The first-order valence-electron chi connectivity index (χ1n) is 5.22. The highest BCUT2D eigenvalue weighted by molar-refractivity contribution is 7.88. The van der Waals surface area contributed by atoms with E-state index in [-0.39, 0.29) is 0 Å². The molecule has 1 atom stereocenters. The lowest BCUT2D eigenvalue weighted by molar-refractivity contribution is 0.395. The Balaban J connectivity index is 2.35. The minimum absolute atomic E-state index is 0.434. The van der Waals surface area contributed by atoms with Crippen LogP contribution in [0.1, 0.15) is 20.3 Å². The van der Waals surface area contributed by atoms with Gasteiger partial charge in [-0.2, -0.15) is 0 Å². The van der Waals surface area contributed by atoms with Crippen LogP contribution in [0.2, 0.25) is 0 Å². The first kappa shape index (κ1) is 12.9. The van der Waals surface area contributed by atoms with E-state index in [1.807, 2.05) is 13.8 Å². The molecule has 1 heterocycles. The Bertz CT molecular complexity index is 294. The zero-order chi connectivity index (χ0) is 11.5. The summed E-state index contributed by atoms with van der Waals surface area (Å²) in [5.41, 5.74) is -0.434. The van der Waals surface area contributed by atoms with Gasteiger partial charge in [0.2, 0.25) is 10.0 Å². The van der Waals surface area contributed by atoms with Crippen molar-refractivity contribution < 1.29 is 8.42 Å². The van der Waals surface area contributed by atoms with Crippen molar-refractivity contribution in [1.29, 1.82) is 0 Å². The number of nitrogens with one attached hydrogen (secondary N) is 3. The first-order valence-corrected chi connectivity index (χ1v) is 7.11. The lowest BCUT2D eigenvalue weighted by atomic mass is 10.1. The maximum absolute atomic E-state index is 11.1. The van der Waals surface area contributed by atoms with Crippen molar-refractivity contribution in [3.8, 4) is 0 Å². The maximum atomic E-state index is 11.1. The second-order valence-electron chi connectivity index (χ2n) is 4.83. The molecule has 1 fully saturated rings. The van der Waals surface area contributed by atoms with Crippen LogP contribution in [0.3, 0.4) is 0 Å². The van der Waals surface area contributed by atoms with Crippen LogP contribution in [-0.4, -0.2) is 45.9 Å². The third kappa shape index (κ3) is 5.46. The molecule has 0 aromatic rings. The minimum atomic E-state index is -3.13. The molecule has 0 saturated carbocycles. The molecule has 0 aliphatic carbocycles. The molecule has 0 amide bonds. The Morgan fingerprint density at radius 1 is 1.47 bits per heavy atom. The van der Waals surface area contributed by atoms with E-state index in [9.17, 15) is 8.42 Å². The van der Waals surface area contributed by atoms with Crippen LogP contribution in [-0.2, 0) is 10.0 Å². The summed E-state index contributed by atoms with van der Waals surface area (Å²) < 4.78 is 24.8. The predicted molar refractivity (Wildman–Crippen MR) is 61.3 cm³/mol. The van der Waals surface area contributed by atoms with Crippen molar-refractivity contribution in [1.82, 2.24) is 15.4 Å². The fourth-order valence-corrected chi connectivity index (χ4v) is 2.84. The van der Waals surface area contributed by atoms with Crippen LogP contribution in [0.5, 0.6) is 0 Å². The Morgan fingerprint density at radius 2 is 2.13 bits per heavy atom. The molecule has 1 rings (SSSR count). The molecule has 5 nitrogen and oxygen atoms in total. The second kappa shape index (κ2) is 4.78. The second-order valence-corrected chi connectivity index (χ2v) is 6.58. The van der Waals surface area contributed by atoms with Gasteiger partial charge in [0, 0.05) is 24.7 Å². The average molecular weight is 235 g/mol. The highest BCUT2D eigenvalue weighted by atomic mass is 32.2. The van der Waals surface area contributed by atoms with Crippen LogP contribution < -0.4 is 15.4 Å². The maximum Gasteiger partial charge on any atom is 0.209 e. The Labute approximate surface area is 92.1 Å². The fraction of sp³-hybridized carbons (Fsp3) is 1.00. The van der Waals surface area contributed by atoms with Crippen molar-refractivity contribution >= 4 is 10.0 Å². The van der Waals surface area contributed by atoms with Gasteiger partial charge in [0.1, 0.15) is 0 Å². The largest absolute Gasteiger partial charge is 0.315 e. The Hall–Kier alpha value is -0.170. The van der Waals surface area contributed by atoms with Gasteiger partial charge in [-0.1, -0.05) is 0 Å². The quantitative estimate of drug-likeness (QED) is 0.587. The lowest BCUT2D eigenvalue weighted by Crippen LogP contribution is -2.52. The van der Waals surface area contributed by atoms with Crippen molar-refractivity contribution in [2.45, 2.75) is 31.8 Å². The molecule has 90 valence electrons. The van der Waals surface area contributed by atoms with E-state index < -0.39 is 15.6 Å². The third-order valence-corrected chi connectivity index (χ3v) is 3.28. The minimum Gasteiger partial charge on any atom is -0.315 e. The Kier molecular flexibility index (Phi) is 4.11. The molecule has 6 heteroatoms. The lowest BCUT2D eigenvalue weighted by Gasteiger charge is -2.27. The van der Waals surface area contributed by atoms with Crippen molar-refractivity contribution in [2.75, 3.05) is 25.9 Å². The average Bonchev–Trinajstić information content (AvgIpc) is 2.47. The highest BCUT2D eigenvalue weighted by Crippen LogP contribution is 2.04. The molecule has 0 aromatic heterocycles. The van der Waals surface area contributed by atoms with Crippen molar-refractivity contribution in [2.24, 2.45) is 0 Å². The van der Waals surface area contributed by atoms with Gasteiger partial charge in [-0.25, -0.2) is 13.1 Å². The molecular weight excluding hydrogens is 214 g/mol. The predicted octanol–water partition coefficient (Wildman–Crippen LogP) is -0.734. The van der Waals surface area contributed by atoms with Gasteiger partial charge in [-0.15, -0.1) is 0 Å². The summed E-state index contributed by atoms with van der Waals surface area (Å²) in [6.07, 6.45) is 2.29. The van der Waals surface area contributed by atoms with Crippen molar-refractivity contribution in [3.63, 3.8) is 0 Å². The molecule has 1 saturated heterocycles. The first-order chi connectivity index (χ1) is 6.79. The molecule has 0 spiro atoms. The summed E-state index contributed by atoms with van der Waals surface area (Å²) in [5, 5.41) is 6.61. The van der Waals surface area contributed by atoms with Gasteiger partial charge >= 0.3 is 0 Å². The zero-order valence-corrected chi connectivity index (χ0v) is 10.4. The van der Waals surface area contributed by atoms with Crippen LogP contribution in [0.4, 0.5) is 0 Å². The zero-order valence-electron chi connectivity index (χ0n) is 9.63. The summed E-state index contributed by atoms with van der Waals surface area (Å²) in [7, 11) is -3.13. The van der Waals surface area contributed by atoms with Crippen LogP contribution >= 0.6 is 0 Å².